The topological polar surface area (TPSA) is 63.7 Å². The lowest BCUT2D eigenvalue weighted by molar-refractivity contribution is -0.124. The summed E-state index contributed by atoms with van der Waals surface area (Å²) in [5.74, 6) is 0.0847. The van der Waals surface area contributed by atoms with E-state index >= 15 is 0 Å². The van der Waals surface area contributed by atoms with Crippen LogP contribution in [-0.2, 0) is 14.3 Å². The number of nitrogens with zero attached hydrogens (tertiary/aromatic N) is 1. The van der Waals surface area contributed by atoms with E-state index in [1.807, 2.05) is 0 Å². The number of benzene rings is 1. The van der Waals surface area contributed by atoms with Crippen LogP contribution in [0.1, 0.15) is 23.7 Å². The van der Waals surface area contributed by atoms with Crippen LogP contribution in [-0.4, -0.2) is 24.4 Å². The summed E-state index contributed by atoms with van der Waals surface area (Å²) in [7, 11) is 0. The van der Waals surface area contributed by atoms with Crippen molar-refractivity contribution < 1.29 is 19.1 Å². The summed E-state index contributed by atoms with van der Waals surface area (Å²) >= 11 is 6.11. The normalized spacial score (nSPS) is 36.2. The fourth-order valence-corrected chi connectivity index (χ4v) is 5.42. The van der Waals surface area contributed by atoms with Crippen molar-refractivity contribution in [1.29, 1.82) is 0 Å². The molecule has 1 aliphatic heterocycles. The van der Waals surface area contributed by atoms with E-state index in [1.165, 1.54) is 17.0 Å². The molecule has 1 saturated heterocycles. The highest BCUT2D eigenvalue weighted by atomic mass is 35.5. The number of carbonyl (C=O) groups excluding carboxylic acids is 3. The van der Waals surface area contributed by atoms with E-state index in [0.29, 0.717) is 17.5 Å². The Balaban J connectivity index is 1.52. The van der Waals surface area contributed by atoms with Gasteiger partial charge in [-0.3, -0.25) is 9.59 Å². The fourth-order valence-electron chi connectivity index (χ4n) is 5.23. The Morgan fingerprint density at radius 3 is 2.35 bits per heavy atom. The molecule has 0 N–H and O–H groups in total. The van der Waals surface area contributed by atoms with E-state index in [4.69, 9.17) is 16.3 Å². The van der Waals surface area contributed by atoms with Gasteiger partial charge < -0.3 is 4.74 Å². The number of hydrogen-bond acceptors (Lipinski definition) is 4. The number of allylic oxidation sites excluding steroid dienone is 2. The van der Waals surface area contributed by atoms with E-state index in [-0.39, 0.29) is 52.7 Å². The molecule has 0 aromatic heterocycles. The second-order valence-electron chi connectivity index (χ2n) is 7.55. The van der Waals surface area contributed by atoms with Crippen LogP contribution in [0.2, 0.25) is 5.02 Å². The first-order valence-electron chi connectivity index (χ1n) is 9.05. The molecule has 134 valence electrons. The Kier molecular flexibility index (Phi) is 3.35. The highest BCUT2D eigenvalue weighted by molar-refractivity contribution is 6.34. The molecule has 2 bridgehead atoms. The summed E-state index contributed by atoms with van der Waals surface area (Å²) in [6, 6.07) is 4.65. The van der Waals surface area contributed by atoms with Crippen LogP contribution in [0.25, 0.3) is 0 Å². The minimum atomic E-state index is -0.557. The number of esters is 1. The zero-order valence-electron chi connectivity index (χ0n) is 14.2. The molecule has 6 unspecified atom stereocenters. The molecular weight excluding hydrogens is 354 g/mol. The summed E-state index contributed by atoms with van der Waals surface area (Å²) in [6.45, 7) is 1.94. The van der Waals surface area contributed by atoms with Crippen molar-refractivity contribution in [3.8, 4) is 0 Å². The first-order chi connectivity index (χ1) is 12.5. The zero-order chi connectivity index (χ0) is 18.2. The van der Waals surface area contributed by atoms with Crippen LogP contribution >= 0.6 is 11.6 Å². The van der Waals surface area contributed by atoms with E-state index in [9.17, 15) is 14.4 Å². The van der Waals surface area contributed by atoms with Gasteiger partial charge in [-0.15, -0.1) is 0 Å². The van der Waals surface area contributed by atoms with Gasteiger partial charge in [0.05, 0.1) is 34.7 Å². The average Bonchev–Trinajstić information content (AvgIpc) is 3.40. The van der Waals surface area contributed by atoms with Gasteiger partial charge in [0.15, 0.2) is 0 Å². The molecule has 6 atom stereocenters. The molecule has 2 saturated carbocycles. The third-order valence-corrected chi connectivity index (χ3v) is 6.70. The molecule has 0 spiro atoms. The third kappa shape index (κ3) is 2.01. The Hall–Kier alpha value is -2.14. The van der Waals surface area contributed by atoms with Gasteiger partial charge in [-0.25, -0.2) is 9.69 Å². The van der Waals surface area contributed by atoms with Gasteiger partial charge in [-0.05, 0) is 55.2 Å². The first kappa shape index (κ1) is 16.1. The highest BCUT2D eigenvalue weighted by Gasteiger charge is 2.67. The average molecular weight is 372 g/mol. The van der Waals surface area contributed by atoms with Gasteiger partial charge >= 0.3 is 5.97 Å². The number of hydrogen-bond donors (Lipinski definition) is 0. The van der Waals surface area contributed by atoms with Gasteiger partial charge in [0.25, 0.3) is 0 Å². The smallest absolute Gasteiger partial charge is 0.339 e. The quantitative estimate of drug-likeness (QED) is 0.465. The van der Waals surface area contributed by atoms with Crippen LogP contribution in [0.4, 0.5) is 5.69 Å². The molecule has 1 aromatic carbocycles. The number of rotatable bonds is 3. The summed E-state index contributed by atoms with van der Waals surface area (Å²) in [4.78, 5) is 39.6. The lowest BCUT2D eigenvalue weighted by Gasteiger charge is -2.37. The molecule has 5 nitrogen and oxygen atoms in total. The lowest BCUT2D eigenvalue weighted by atomic mass is 9.63. The Morgan fingerprint density at radius 1 is 1.15 bits per heavy atom. The van der Waals surface area contributed by atoms with Crippen molar-refractivity contribution in [2.24, 2.45) is 35.5 Å². The summed E-state index contributed by atoms with van der Waals surface area (Å²) < 4.78 is 5.02. The van der Waals surface area contributed by atoms with E-state index in [2.05, 4.69) is 12.2 Å². The SMILES string of the molecule is CCOC(=O)c1cc(N2C(=O)C3C4C=CC(C5CC45)C3C2=O)ccc1Cl. The maximum absolute atomic E-state index is 13.1. The van der Waals surface area contributed by atoms with E-state index < -0.39 is 5.97 Å². The lowest BCUT2D eigenvalue weighted by Crippen LogP contribution is -2.40. The molecule has 2 amide bonds. The Labute approximate surface area is 155 Å². The molecule has 6 heteroatoms. The van der Waals surface area contributed by atoms with Gasteiger partial charge in [0.2, 0.25) is 11.8 Å². The van der Waals surface area contributed by atoms with Crippen LogP contribution in [0, 0.1) is 35.5 Å². The minimum absolute atomic E-state index is 0.151. The molecular formula is C20H18ClNO4. The van der Waals surface area contributed by atoms with E-state index in [0.717, 1.165) is 6.42 Å². The number of ether oxygens (including phenoxy) is 1. The third-order valence-electron chi connectivity index (χ3n) is 6.37. The largest absolute Gasteiger partial charge is 0.462 e. The molecule has 1 aromatic rings. The summed E-state index contributed by atoms with van der Waals surface area (Å²) in [5.41, 5.74) is 0.570. The Morgan fingerprint density at radius 2 is 1.77 bits per heavy atom. The molecule has 3 fully saturated rings. The number of amides is 2. The van der Waals surface area contributed by atoms with Crippen LogP contribution in [0.3, 0.4) is 0 Å². The second-order valence-corrected chi connectivity index (χ2v) is 7.96. The van der Waals surface area contributed by atoms with E-state index in [1.54, 1.807) is 13.0 Å². The predicted molar refractivity (Wildman–Crippen MR) is 94.6 cm³/mol. The number of anilines is 1. The standard InChI is InChI=1S/C20H18ClNO4/c1-2-26-20(25)14-7-9(3-6-15(14)21)22-18(23)16-10-4-5-11(13-8-12(10)13)17(16)19(22)24/h3-7,10-13,16-17H,2,8H2,1H3. The maximum Gasteiger partial charge on any atom is 0.339 e. The van der Waals surface area contributed by atoms with Gasteiger partial charge in [0, 0.05) is 0 Å². The van der Waals surface area contributed by atoms with Crippen molar-refractivity contribution >= 4 is 35.1 Å². The van der Waals surface area contributed by atoms with Gasteiger partial charge in [-0.2, -0.15) is 0 Å². The van der Waals surface area contributed by atoms with Crippen LogP contribution in [0.5, 0.6) is 0 Å². The Bertz CT molecular complexity index is 843. The minimum Gasteiger partial charge on any atom is -0.462 e. The first-order valence-corrected chi connectivity index (χ1v) is 9.43. The molecule has 6 rings (SSSR count). The van der Waals surface area contributed by atoms with Crippen LogP contribution in [0.15, 0.2) is 30.4 Å². The molecule has 26 heavy (non-hydrogen) atoms. The molecule has 4 aliphatic carbocycles. The monoisotopic (exact) mass is 371 g/mol. The second kappa shape index (κ2) is 5.43. The zero-order valence-corrected chi connectivity index (χ0v) is 15.0. The van der Waals surface area contributed by atoms with Crippen molar-refractivity contribution in [1.82, 2.24) is 0 Å². The molecule has 1 heterocycles. The molecule has 0 radical (unpaired) electrons. The van der Waals surface area contributed by atoms with Crippen molar-refractivity contribution in [3.63, 3.8) is 0 Å². The van der Waals surface area contributed by atoms with Gasteiger partial charge in [0.1, 0.15) is 0 Å². The molecule has 5 aliphatic rings. The summed E-state index contributed by atoms with van der Waals surface area (Å²) in [6.07, 6.45) is 5.41. The van der Waals surface area contributed by atoms with Crippen molar-refractivity contribution in [2.45, 2.75) is 13.3 Å². The predicted octanol–water partition coefficient (Wildman–Crippen LogP) is 3.07. The number of halogens is 1. The maximum atomic E-state index is 13.1. The highest BCUT2D eigenvalue weighted by Crippen LogP contribution is 2.65. The van der Waals surface area contributed by atoms with Crippen molar-refractivity contribution in [2.75, 3.05) is 11.5 Å². The number of imide groups is 1. The fraction of sp³-hybridized carbons (Fsp3) is 0.450. The number of carbonyl (C=O) groups is 3. The van der Waals surface area contributed by atoms with Crippen molar-refractivity contribution in [3.05, 3.63) is 40.9 Å². The summed E-state index contributed by atoms with van der Waals surface area (Å²) in [5, 5.41) is 0.242. The van der Waals surface area contributed by atoms with Gasteiger partial charge in [-0.1, -0.05) is 23.8 Å². The van der Waals surface area contributed by atoms with Crippen LogP contribution < -0.4 is 4.90 Å².